The van der Waals surface area contributed by atoms with Crippen LogP contribution in [0, 0.1) is 0 Å². The van der Waals surface area contributed by atoms with Crippen LogP contribution in [0.25, 0.3) is 0 Å². The lowest BCUT2D eigenvalue weighted by atomic mass is 10.2. The van der Waals surface area contributed by atoms with Crippen LogP contribution in [0.15, 0.2) is 21.2 Å². The van der Waals surface area contributed by atoms with Crippen LogP contribution in [0.3, 0.4) is 0 Å². The Kier molecular flexibility index (Phi) is 4.23. The van der Waals surface area contributed by atoms with E-state index in [1.165, 1.54) is 0 Å². The van der Waals surface area contributed by atoms with Crippen molar-refractivity contribution in [3.8, 4) is 0 Å². The molecule has 1 amide bonds. The molecule has 94 valence electrons. The van der Waals surface area contributed by atoms with Crippen LogP contribution < -0.4 is 10.6 Å². The van der Waals surface area contributed by atoms with Crippen LogP contribution >= 0.6 is 15.9 Å². The van der Waals surface area contributed by atoms with E-state index in [1.807, 2.05) is 19.1 Å². The first kappa shape index (κ1) is 12.6. The van der Waals surface area contributed by atoms with Crippen LogP contribution in [0.2, 0.25) is 0 Å². The number of halogens is 1. The standard InChI is InChI=1S/C12H17BrN2O2/c1-8(10-4-5-11(13)17-10)14-7-6-12(16)15-9-2-3-9/h4-5,8-9,14H,2-3,6-7H2,1H3,(H,15,16). The van der Waals surface area contributed by atoms with Crippen molar-refractivity contribution in [2.24, 2.45) is 0 Å². The summed E-state index contributed by atoms with van der Waals surface area (Å²) >= 11 is 3.27. The molecule has 1 aliphatic rings. The fourth-order valence-electron chi connectivity index (χ4n) is 1.59. The van der Waals surface area contributed by atoms with Gasteiger partial charge in [-0.3, -0.25) is 4.79 Å². The molecule has 1 aliphatic carbocycles. The zero-order valence-electron chi connectivity index (χ0n) is 9.83. The summed E-state index contributed by atoms with van der Waals surface area (Å²) in [6, 6.07) is 4.36. The van der Waals surface area contributed by atoms with Crippen molar-refractivity contribution in [2.75, 3.05) is 6.54 Å². The van der Waals surface area contributed by atoms with Crippen molar-refractivity contribution in [2.45, 2.75) is 38.3 Å². The second-order valence-electron chi connectivity index (χ2n) is 4.41. The lowest BCUT2D eigenvalue weighted by molar-refractivity contribution is -0.121. The third-order valence-corrected chi connectivity index (χ3v) is 3.19. The minimum absolute atomic E-state index is 0.120. The molecule has 1 heterocycles. The van der Waals surface area contributed by atoms with Crippen LogP contribution in [-0.2, 0) is 4.79 Å². The predicted octanol–water partition coefficient (Wildman–Crippen LogP) is 2.36. The van der Waals surface area contributed by atoms with Crippen molar-refractivity contribution < 1.29 is 9.21 Å². The lowest BCUT2D eigenvalue weighted by Crippen LogP contribution is -2.29. The summed E-state index contributed by atoms with van der Waals surface area (Å²) in [5.74, 6) is 1.01. The zero-order valence-corrected chi connectivity index (χ0v) is 11.4. The molecule has 1 saturated carbocycles. The Morgan fingerprint density at radius 3 is 2.94 bits per heavy atom. The molecule has 1 aromatic heterocycles. The highest BCUT2D eigenvalue weighted by Gasteiger charge is 2.22. The third-order valence-electron chi connectivity index (χ3n) is 2.77. The minimum atomic E-state index is 0.120. The molecule has 0 aromatic carbocycles. The van der Waals surface area contributed by atoms with Crippen molar-refractivity contribution in [3.05, 3.63) is 22.6 Å². The third kappa shape index (κ3) is 4.16. The van der Waals surface area contributed by atoms with Crippen molar-refractivity contribution in [1.82, 2.24) is 10.6 Å². The van der Waals surface area contributed by atoms with Gasteiger partial charge in [-0.2, -0.15) is 0 Å². The monoisotopic (exact) mass is 300 g/mol. The van der Waals surface area contributed by atoms with E-state index in [9.17, 15) is 4.79 Å². The van der Waals surface area contributed by atoms with Gasteiger partial charge in [0.15, 0.2) is 4.67 Å². The average Bonchev–Trinajstić information content (AvgIpc) is 2.97. The molecular weight excluding hydrogens is 284 g/mol. The molecule has 0 aliphatic heterocycles. The van der Waals surface area contributed by atoms with Gasteiger partial charge in [0.1, 0.15) is 5.76 Å². The summed E-state index contributed by atoms with van der Waals surface area (Å²) < 4.78 is 6.16. The maximum atomic E-state index is 11.4. The number of hydrogen-bond acceptors (Lipinski definition) is 3. The Morgan fingerprint density at radius 2 is 2.35 bits per heavy atom. The van der Waals surface area contributed by atoms with Gasteiger partial charge >= 0.3 is 0 Å². The predicted molar refractivity (Wildman–Crippen MR) is 68.6 cm³/mol. The van der Waals surface area contributed by atoms with E-state index in [-0.39, 0.29) is 11.9 Å². The number of hydrogen-bond donors (Lipinski definition) is 2. The smallest absolute Gasteiger partial charge is 0.221 e. The molecule has 1 aromatic rings. The number of carbonyl (C=O) groups excluding carboxylic acids is 1. The molecule has 2 rings (SSSR count). The number of furan rings is 1. The van der Waals surface area contributed by atoms with Gasteiger partial charge in [-0.25, -0.2) is 0 Å². The van der Waals surface area contributed by atoms with E-state index in [2.05, 4.69) is 26.6 Å². The largest absolute Gasteiger partial charge is 0.453 e. The van der Waals surface area contributed by atoms with E-state index < -0.39 is 0 Å². The molecule has 5 heteroatoms. The van der Waals surface area contributed by atoms with Crippen LogP contribution in [0.1, 0.15) is 38.0 Å². The molecule has 1 atom stereocenters. The molecule has 0 bridgehead atoms. The molecular formula is C12H17BrN2O2. The number of nitrogens with one attached hydrogen (secondary N) is 2. The maximum Gasteiger partial charge on any atom is 0.221 e. The summed E-state index contributed by atoms with van der Waals surface area (Å²) in [6.45, 7) is 2.68. The molecule has 1 unspecified atom stereocenters. The summed E-state index contributed by atoms with van der Waals surface area (Å²) in [5.41, 5.74) is 0. The first-order valence-electron chi connectivity index (χ1n) is 5.93. The maximum absolute atomic E-state index is 11.4. The Hall–Kier alpha value is -0.810. The summed E-state index contributed by atoms with van der Waals surface area (Å²) in [4.78, 5) is 11.4. The second-order valence-corrected chi connectivity index (χ2v) is 5.19. The molecule has 1 fully saturated rings. The highest BCUT2D eigenvalue weighted by atomic mass is 79.9. The highest BCUT2D eigenvalue weighted by Crippen LogP contribution is 2.20. The van der Waals surface area contributed by atoms with Gasteiger partial charge in [0, 0.05) is 19.0 Å². The van der Waals surface area contributed by atoms with Crippen LogP contribution in [-0.4, -0.2) is 18.5 Å². The Balaban J connectivity index is 1.65. The lowest BCUT2D eigenvalue weighted by Gasteiger charge is -2.11. The van der Waals surface area contributed by atoms with Crippen molar-refractivity contribution in [3.63, 3.8) is 0 Å². The Labute approximate surface area is 109 Å². The van der Waals surface area contributed by atoms with Crippen molar-refractivity contribution in [1.29, 1.82) is 0 Å². The molecule has 0 saturated heterocycles. The molecule has 17 heavy (non-hydrogen) atoms. The second kappa shape index (κ2) is 5.69. The first-order chi connectivity index (χ1) is 8.15. The quantitative estimate of drug-likeness (QED) is 0.848. The van der Waals surface area contributed by atoms with E-state index in [0.717, 1.165) is 23.3 Å². The van der Waals surface area contributed by atoms with E-state index in [4.69, 9.17) is 4.42 Å². The van der Waals surface area contributed by atoms with Gasteiger partial charge in [-0.05, 0) is 47.8 Å². The molecule has 2 N–H and O–H groups in total. The van der Waals surface area contributed by atoms with Gasteiger partial charge in [0.2, 0.25) is 5.91 Å². The number of carbonyl (C=O) groups is 1. The van der Waals surface area contributed by atoms with Gasteiger partial charge in [-0.1, -0.05) is 0 Å². The van der Waals surface area contributed by atoms with Crippen LogP contribution in [0.5, 0.6) is 0 Å². The van der Waals surface area contributed by atoms with Gasteiger partial charge < -0.3 is 15.1 Å². The fourth-order valence-corrected chi connectivity index (χ4v) is 1.91. The van der Waals surface area contributed by atoms with Gasteiger partial charge in [-0.15, -0.1) is 0 Å². The normalized spacial score (nSPS) is 16.8. The fraction of sp³-hybridized carbons (Fsp3) is 0.583. The van der Waals surface area contributed by atoms with Crippen molar-refractivity contribution >= 4 is 21.8 Å². The summed E-state index contributed by atoms with van der Waals surface area (Å²) in [6.07, 6.45) is 2.79. The summed E-state index contributed by atoms with van der Waals surface area (Å²) in [7, 11) is 0. The summed E-state index contributed by atoms with van der Waals surface area (Å²) in [5, 5.41) is 6.22. The number of amides is 1. The van der Waals surface area contributed by atoms with E-state index in [1.54, 1.807) is 0 Å². The van der Waals surface area contributed by atoms with E-state index in [0.29, 0.717) is 19.0 Å². The first-order valence-corrected chi connectivity index (χ1v) is 6.72. The minimum Gasteiger partial charge on any atom is -0.453 e. The molecule has 0 radical (unpaired) electrons. The number of rotatable bonds is 6. The van der Waals surface area contributed by atoms with Crippen LogP contribution in [0.4, 0.5) is 0 Å². The highest BCUT2D eigenvalue weighted by molar-refractivity contribution is 9.10. The SMILES string of the molecule is CC(NCCC(=O)NC1CC1)c1ccc(Br)o1. The molecule has 4 nitrogen and oxygen atoms in total. The topological polar surface area (TPSA) is 54.3 Å². The van der Waals surface area contributed by atoms with E-state index >= 15 is 0 Å². The Bertz CT molecular complexity index is 388. The zero-order chi connectivity index (χ0) is 12.3. The average molecular weight is 301 g/mol. The van der Waals surface area contributed by atoms with Gasteiger partial charge in [0.25, 0.3) is 0 Å². The Morgan fingerprint density at radius 1 is 1.59 bits per heavy atom. The van der Waals surface area contributed by atoms with Gasteiger partial charge in [0.05, 0.1) is 6.04 Å². The molecule has 0 spiro atoms.